The molecule has 0 saturated heterocycles. The van der Waals surface area contributed by atoms with Gasteiger partial charge in [0.15, 0.2) is 17.4 Å². The van der Waals surface area contributed by atoms with Gasteiger partial charge < -0.3 is 5.73 Å². The first kappa shape index (κ1) is 13.4. The number of ketones is 1. The topological polar surface area (TPSA) is 43.1 Å². The first-order valence-corrected chi connectivity index (χ1v) is 5.77. The molecule has 0 amide bonds. The number of halogens is 2. The van der Waals surface area contributed by atoms with Crippen molar-refractivity contribution in [2.24, 2.45) is 5.73 Å². The Morgan fingerprint density at radius 1 is 1.05 bits per heavy atom. The molecule has 0 spiro atoms. The van der Waals surface area contributed by atoms with Crippen LogP contribution in [-0.2, 0) is 5.54 Å². The predicted octanol–water partition coefficient (Wildman–Crippen LogP) is 3.02. The third kappa shape index (κ3) is 2.53. The Labute approximate surface area is 109 Å². The van der Waals surface area contributed by atoms with Gasteiger partial charge in [-0.15, -0.1) is 0 Å². The van der Waals surface area contributed by atoms with E-state index in [1.807, 2.05) is 6.07 Å². The Kier molecular flexibility index (Phi) is 3.44. The van der Waals surface area contributed by atoms with Crippen molar-refractivity contribution in [3.63, 3.8) is 0 Å². The van der Waals surface area contributed by atoms with Crippen LogP contribution in [0, 0.1) is 11.6 Å². The maximum atomic E-state index is 13.2. The van der Waals surface area contributed by atoms with Gasteiger partial charge >= 0.3 is 0 Å². The van der Waals surface area contributed by atoms with Crippen molar-refractivity contribution in [1.82, 2.24) is 0 Å². The summed E-state index contributed by atoms with van der Waals surface area (Å²) in [6, 6.07) is 11.8. The van der Waals surface area contributed by atoms with Crippen molar-refractivity contribution in [2.75, 3.05) is 0 Å². The molecule has 19 heavy (non-hydrogen) atoms. The standard InChI is InChI=1S/C15H13F2NO/c1-15(18,11-5-3-2-4-6-11)14(19)10-7-8-12(16)13(17)9-10/h2-9H,18H2,1H3. The van der Waals surface area contributed by atoms with Crippen LogP contribution < -0.4 is 5.73 Å². The highest BCUT2D eigenvalue weighted by Crippen LogP contribution is 2.23. The second-order valence-corrected chi connectivity index (χ2v) is 4.53. The summed E-state index contributed by atoms with van der Waals surface area (Å²) < 4.78 is 26.0. The molecular weight excluding hydrogens is 248 g/mol. The van der Waals surface area contributed by atoms with Crippen LogP contribution in [0.15, 0.2) is 48.5 Å². The number of carbonyl (C=O) groups is 1. The fourth-order valence-electron chi connectivity index (χ4n) is 1.85. The van der Waals surface area contributed by atoms with Gasteiger partial charge in [-0.2, -0.15) is 0 Å². The summed E-state index contributed by atoms with van der Waals surface area (Å²) in [5, 5.41) is 0. The number of Topliss-reactive ketones (excluding diaryl/α,β-unsaturated/α-hetero) is 1. The molecule has 2 nitrogen and oxygen atoms in total. The van der Waals surface area contributed by atoms with Crippen molar-refractivity contribution < 1.29 is 13.6 Å². The Morgan fingerprint density at radius 3 is 2.26 bits per heavy atom. The van der Waals surface area contributed by atoms with E-state index in [1.54, 1.807) is 31.2 Å². The zero-order valence-electron chi connectivity index (χ0n) is 10.4. The smallest absolute Gasteiger partial charge is 0.186 e. The molecular formula is C15H13F2NO. The lowest BCUT2D eigenvalue weighted by Crippen LogP contribution is -2.41. The van der Waals surface area contributed by atoms with E-state index in [-0.39, 0.29) is 5.56 Å². The molecule has 4 heteroatoms. The van der Waals surface area contributed by atoms with E-state index in [1.165, 1.54) is 6.07 Å². The second kappa shape index (κ2) is 4.90. The number of hydrogen-bond donors (Lipinski definition) is 1. The minimum Gasteiger partial charge on any atom is -0.315 e. The molecule has 98 valence electrons. The molecule has 2 aromatic carbocycles. The Morgan fingerprint density at radius 2 is 1.68 bits per heavy atom. The van der Waals surface area contributed by atoms with Crippen LogP contribution in [0.4, 0.5) is 8.78 Å². The van der Waals surface area contributed by atoms with E-state index in [4.69, 9.17) is 5.73 Å². The Hall–Kier alpha value is -2.07. The maximum absolute atomic E-state index is 13.2. The monoisotopic (exact) mass is 261 g/mol. The van der Waals surface area contributed by atoms with Crippen LogP contribution in [-0.4, -0.2) is 5.78 Å². The molecule has 0 saturated carbocycles. The summed E-state index contributed by atoms with van der Waals surface area (Å²) in [5.74, 6) is -2.51. The molecule has 0 bridgehead atoms. The molecule has 1 atom stereocenters. The van der Waals surface area contributed by atoms with Crippen LogP contribution in [0.1, 0.15) is 22.8 Å². The molecule has 2 rings (SSSR count). The van der Waals surface area contributed by atoms with Crippen molar-refractivity contribution in [3.05, 3.63) is 71.3 Å². The van der Waals surface area contributed by atoms with Gasteiger partial charge in [0.1, 0.15) is 5.54 Å². The van der Waals surface area contributed by atoms with Crippen LogP contribution in [0.25, 0.3) is 0 Å². The zero-order valence-corrected chi connectivity index (χ0v) is 10.4. The normalized spacial score (nSPS) is 13.9. The van der Waals surface area contributed by atoms with Crippen molar-refractivity contribution in [2.45, 2.75) is 12.5 Å². The summed E-state index contributed by atoms with van der Waals surface area (Å²) >= 11 is 0. The average molecular weight is 261 g/mol. The predicted molar refractivity (Wildman–Crippen MR) is 68.7 cm³/mol. The van der Waals surface area contributed by atoms with Gasteiger partial charge in [-0.25, -0.2) is 8.78 Å². The van der Waals surface area contributed by atoms with Gasteiger partial charge in [-0.3, -0.25) is 4.79 Å². The van der Waals surface area contributed by atoms with E-state index >= 15 is 0 Å². The minimum atomic E-state index is -1.29. The molecule has 0 aliphatic heterocycles. The van der Waals surface area contributed by atoms with Gasteiger partial charge in [0.2, 0.25) is 0 Å². The molecule has 0 aliphatic carbocycles. The molecule has 0 radical (unpaired) electrons. The van der Waals surface area contributed by atoms with Gasteiger partial charge in [0, 0.05) is 5.56 Å². The molecule has 0 fully saturated rings. The molecule has 0 aliphatic rings. The van der Waals surface area contributed by atoms with Gasteiger partial charge in [-0.05, 0) is 30.7 Å². The van der Waals surface area contributed by atoms with E-state index in [9.17, 15) is 13.6 Å². The third-order valence-electron chi connectivity index (χ3n) is 3.03. The van der Waals surface area contributed by atoms with E-state index in [0.29, 0.717) is 5.56 Å². The van der Waals surface area contributed by atoms with Crippen LogP contribution in [0.5, 0.6) is 0 Å². The van der Waals surface area contributed by atoms with E-state index in [0.717, 1.165) is 12.1 Å². The zero-order chi connectivity index (χ0) is 14.0. The SMILES string of the molecule is CC(N)(C(=O)c1ccc(F)c(F)c1)c1ccccc1. The molecule has 1 unspecified atom stereocenters. The molecule has 2 aromatic rings. The Balaban J connectivity index is 2.40. The lowest BCUT2D eigenvalue weighted by Gasteiger charge is -2.23. The highest BCUT2D eigenvalue weighted by Gasteiger charge is 2.31. The van der Waals surface area contributed by atoms with Crippen molar-refractivity contribution in [1.29, 1.82) is 0 Å². The summed E-state index contributed by atoms with van der Waals surface area (Å²) in [7, 11) is 0. The minimum absolute atomic E-state index is 0.0488. The van der Waals surface area contributed by atoms with Gasteiger partial charge in [0.05, 0.1) is 0 Å². The Bertz CT molecular complexity index is 609. The summed E-state index contributed by atoms with van der Waals surface area (Å²) in [6.07, 6.45) is 0. The number of hydrogen-bond acceptors (Lipinski definition) is 2. The molecule has 0 heterocycles. The second-order valence-electron chi connectivity index (χ2n) is 4.53. The van der Waals surface area contributed by atoms with Crippen LogP contribution >= 0.6 is 0 Å². The van der Waals surface area contributed by atoms with E-state index < -0.39 is 23.0 Å². The van der Waals surface area contributed by atoms with E-state index in [2.05, 4.69) is 0 Å². The highest BCUT2D eigenvalue weighted by molar-refractivity contribution is 6.03. The largest absolute Gasteiger partial charge is 0.315 e. The quantitative estimate of drug-likeness (QED) is 0.863. The van der Waals surface area contributed by atoms with Crippen LogP contribution in [0.2, 0.25) is 0 Å². The fourth-order valence-corrected chi connectivity index (χ4v) is 1.85. The van der Waals surface area contributed by atoms with Gasteiger partial charge in [0.25, 0.3) is 0 Å². The summed E-state index contributed by atoms with van der Waals surface area (Å²) in [4.78, 5) is 12.3. The first-order chi connectivity index (χ1) is 8.93. The number of benzene rings is 2. The maximum Gasteiger partial charge on any atom is 0.186 e. The van der Waals surface area contributed by atoms with Gasteiger partial charge in [-0.1, -0.05) is 30.3 Å². The highest BCUT2D eigenvalue weighted by atomic mass is 19.2. The third-order valence-corrected chi connectivity index (χ3v) is 3.03. The van der Waals surface area contributed by atoms with Crippen LogP contribution in [0.3, 0.4) is 0 Å². The first-order valence-electron chi connectivity index (χ1n) is 5.77. The fraction of sp³-hybridized carbons (Fsp3) is 0.133. The number of carbonyl (C=O) groups excluding carboxylic acids is 1. The summed E-state index contributed by atoms with van der Waals surface area (Å²) in [5.41, 5.74) is 5.41. The lowest BCUT2D eigenvalue weighted by molar-refractivity contribution is 0.0899. The number of nitrogens with two attached hydrogens (primary N) is 1. The molecule has 2 N–H and O–H groups in total. The summed E-state index contributed by atoms with van der Waals surface area (Å²) in [6.45, 7) is 1.55. The molecule has 0 aromatic heterocycles. The lowest BCUT2D eigenvalue weighted by atomic mass is 9.85. The average Bonchev–Trinajstić information content (AvgIpc) is 2.42. The van der Waals surface area contributed by atoms with Crippen molar-refractivity contribution in [3.8, 4) is 0 Å². The number of rotatable bonds is 3. The van der Waals surface area contributed by atoms with Crippen molar-refractivity contribution >= 4 is 5.78 Å².